The Labute approximate surface area is 214 Å². The SMILES string of the molecule is Cc1ccc(CN2Cc3cc(OCc4cccc(-c5ccc(Cl)c(C(=O)O)c5)c4)ccc3C2=O)cc1. The summed E-state index contributed by atoms with van der Waals surface area (Å²) in [6.45, 7) is 3.51. The summed E-state index contributed by atoms with van der Waals surface area (Å²) in [5.41, 5.74) is 6.63. The lowest BCUT2D eigenvalue weighted by Crippen LogP contribution is -2.23. The molecule has 0 bridgehead atoms. The van der Waals surface area contributed by atoms with Crippen molar-refractivity contribution in [1.82, 2.24) is 4.90 Å². The van der Waals surface area contributed by atoms with Crippen LogP contribution in [0.2, 0.25) is 5.02 Å². The largest absolute Gasteiger partial charge is 0.489 e. The van der Waals surface area contributed by atoms with Crippen LogP contribution in [0.5, 0.6) is 5.75 Å². The van der Waals surface area contributed by atoms with E-state index < -0.39 is 5.97 Å². The number of nitrogens with zero attached hydrogens (tertiary/aromatic N) is 1. The highest BCUT2D eigenvalue weighted by Gasteiger charge is 2.27. The van der Waals surface area contributed by atoms with Crippen LogP contribution in [-0.4, -0.2) is 21.9 Å². The van der Waals surface area contributed by atoms with Crippen LogP contribution in [0.15, 0.2) is 84.9 Å². The highest BCUT2D eigenvalue weighted by Crippen LogP contribution is 2.29. The maximum Gasteiger partial charge on any atom is 0.337 e. The molecule has 0 aromatic heterocycles. The first-order valence-electron chi connectivity index (χ1n) is 11.6. The van der Waals surface area contributed by atoms with Crippen molar-refractivity contribution in [2.45, 2.75) is 26.6 Å². The molecule has 4 aromatic rings. The van der Waals surface area contributed by atoms with Gasteiger partial charge >= 0.3 is 5.97 Å². The summed E-state index contributed by atoms with van der Waals surface area (Å²) in [5.74, 6) is -0.328. The second kappa shape index (κ2) is 9.88. The molecular weight excluding hydrogens is 474 g/mol. The fraction of sp³-hybridized carbons (Fsp3) is 0.133. The molecule has 0 unspecified atom stereocenters. The number of carboxylic acids is 1. The van der Waals surface area contributed by atoms with E-state index in [1.165, 1.54) is 5.56 Å². The minimum absolute atomic E-state index is 0.0357. The summed E-state index contributed by atoms with van der Waals surface area (Å²) >= 11 is 6.01. The van der Waals surface area contributed by atoms with Crippen molar-refractivity contribution in [2.24, 2.45) is 0 Å². The lowest BCUT2D eigenvalue weighted by molar-refractivity contribution is 0.0696. The van der Waals surface area contributed by atoms with Crippen LogP contribution in [0, 0.1) is 6.92 Å². The number of hydrogen-bond donors (Lipinski definition) is 1. The second-order valence-corrected chi connectivity index (χ2v) is 9.36. The Balaban J connectivity index is 1.27. The van der Waals surface area contributed by atoms with E-state index in [-0.39, 0.29) is 16.5 Å². The Kier molecular flexibility index (Phi) is 6.49. The number of rotatable bonds is 7. The fourth-order valence-electron chi connectivity index (χ4n) is 4.36. The van der Waals surface area contributed by atoms with Crippen molar-refractivity contribution in [3.8, 4) is 16.9 Å². The molecule has 36 heavy (non-hydrogen) atoms. The van der Waals surface area contributed by atoms with Crippen molar-refractivity contribution < 1.29 is 19.4 Å². The monoisotopic (exact) mass is 497 g/mol. The lowest BCUT2D eigenvalue weighted by atomic mass is 10.0. The quantitative estimate of drug-likeness (QED) is 0.307. The molecule has 1 aliphatic heterocycles. The van der Waals surface area contributed by atoms with E-state index in [1.807, 2.05) is 54.3 Å². The average Bonchev–Trinajstić information content (AvgIpc) is 3.18. The van der Waals surface area contributed by atoms with E-state index in [2.05, 4.69) is 24.3 Å². The molecule has 0 fully saturated rings. The van der Waals surface area contributed by atoms with Gasteiger partial charge in [0.2, 0.25) is 0 Å². The molecule has 6 heteroatoms. The van der Waals surface area contributed by atoms with Gasteiger partial charge in [0, 0.05) is 18.7 Å². The van der Waals surface area contributed by atoms with Gasteiger partial charge in [-0.25, -0.2) is 4.79 Å². The third-order valence-electron chi connectivity index (χ3n) is 6.31. The normalized spacial score (nSPS) is 12.5. The number of carboxylic acid groups (broad SMARTS) is 1. The summed E-state index contributed by atoms with van der Waals surface area (Å²) < 4.78 is 6.05. The number of aromatic carboxylic acids is 1. The van der Waals surface area contributed by atoms with Crippen LogP contribution in [0.25, 0.3) is 11.1 Å². The molecule has 0 aliphatic carbocycles. The first-order valence-corrected chi connectivity index (χ1v) is 12.0. The van der Waals surface area contributed by atoms with Crippen molar-refractivity contribution >= 4 is 23.5 Å². The van der Waals surface area contributed by atoms with Crippen LogP contribution >= 0.6 is 11.6 Å². The highest BCUT2D eigenvalue weighted by atomic mass is 35.5. The first-order chi connectivity index (χ1) is 17.4. The van der Waals surface area contributed by atoms with Gasteiger partial charge in [0.1, 0.15) is 12.4 Å². The van der Waals surface area contributed by atoms with E-state index in [0.29, 0.717) is 31.0 Å². The minimum atomic E-state index is -1.06. The molecule has 5 nitrogen and oxygen atoms in total. The number of halogens is 1. The molecule has 0 spiro atoms. The maximum absolute atomic E-state index is 12.9. The second-order valence-electron chi connectivity index (χ2n) is 8.95. The lowest BCUT2D eigenvalue weighted by Gasteiger charge is -2.15. The average molecular weight is 498 g/mol. The Morgan fingerprint density at radius 1 is 0.944 bits per heavy atom. The molecule has 0 radical (unpaired) electrons. The van der Waals surface area contributed by atoms with Gasteiger partial charge in [-0.15, -0.1) is 0 Å². The molecular formula is C30H24ClNO4. The number of carbonyl (C=O) groups is 2. The Morgan fingerprint density at radius 2 is 1.72 bits per heavy atom. The number of hydrogen-bond acceptors (Lipinski definition) is 3. The first kappa shape index (κ1) is 23.6. The van der Waals surface area contributed by atoms with E-state index in [4.69, 9.17) is 16.3 Å². The standard InChI is InChI=1S/C30H24ClNO4/c1-19-5-7-20(8-6-19)16-32-17-24-14-25(10-11-26(24)29(32)33)36-18-21-3-2-4-22(13-21)23-9-12-28(31)27(15-23)30(34)35/h2-15H,16-18H2,1H3,(H,34,35). The van der Waals surface area contributed by atoms with Gasteiger partial charge in [-0.05, 0) is 71.1 Å². The third kappa shape index (κ3) is 4.97. The number of benzene rings is 4. The van der Waals surface area contributed by atoms with Crippen LogP contribution < -0.4 is 4.74 Å². The summed E-state index contributed by atoms with van der Waals surface area (Å²) in [6.07, 6.45) is 0. The molecule has 1 heterocycles. The molecule has 0 atom stereocenters. The molecule has 4 aromatic carbocycles. The smallest absolute Gasteiger partial charge is 0.337 e. The van der Waals surface area contributed by atoms with E-state index in [1.54, 1.807) is 18.2 Å². The number of carbonyl (C=O) groups excluding carboxylic acids is 1. The Morgan fingerprint density at radius 3 is 2.50 bits per heavy atom. The van der Waals surface area contributed by atoms with Gasteiger partial charge in [-0.1, -0.05) is 65.7 Å². The molecule has 0 saturated carbocycles. The van der Waals surface area contributed by atoms with Gasteiger partial charge in [0.05, 0.1) is 10.6 Å². The van der Waals surface area contributed by atoms with Gasteiger partial charge < -0.3 is 14.7 Å². The van der Waals surface area contributed by atoms with E-state index in [0.717, 1.165) is 27.8 Å². The summed E-state index contributed by atoms with van der Waals surface area (Å²) in [5, 5.41) is 9.56. The maximum atomic E-state index is 12.9. The zero-order valence-corrected chi connectivity index (χ0v) is 20.5. The Bertz CT molecular complexity index is 1460. The van der Waals surface area contributed by atoms with Crippen LogP contribution in [0.4, 0.5) is 0 Å². The van der Waals surface area contributed by atoms with E-state index in [9.17, 15) is 14.7 Å². The van der Waals surface area contributed by atoms with Crippen molar-refractivity contribution in [2.75, 3.05) is 0 Å². The van der Waals surface area contributed by atoms with Gasteiger partial charge in [0.15, 0.2) is 0 Å². The third-order valence-corrected chi connectivity index (χ3v) is 6.64. The number of amides is 1. The van der Waals surface area contributed by atoms with Gasteiger partial charge in [-0.3, -0.25) is 4.79 Å². The minimum Gasteiger partial charge on any atom is -0.489 e. The zero-order chi connectivity index (χ0) is 25.2. The zero-order valence-electron chi connectivity index (χ0n) is 19.7. The summed E-state index contributed by atoms with van der Waals surface area (Å²) in [4.78, 5) is 26.1. The molecule has 180 valence electrons. The van der Waals surface area contributed by atoms with Crippen LogP contribution in [0.3, 0.4) is 0 Å². The molecule has 0 saturated heterocycles. The predicted molar refractivity (Wildman–Crippen MR) is 139 cm³/mol. The van der Waals surface area contributed by atoms with Crippen molar-refractivity contribution in [3.63, 3.8) is 0 Å². The molecule has 1 N–H and O–H groups in total. The van der Waals surface area contributed by atoms with Gasteiger partial charge in [0.25, 0.3) is 5.91 Å². The van der Waals surface area contributed by atoms with Crippen molar-refractivity contribution in [3.05, 3.63) is 123 Å². The topological polar surface area (TPSA) is 66.8 Å². The summed E-state index contributed by atoms with van der Waals surface area (Å²) in [6, 6.07) is 26.5. The summed E-state index contributed by atoms with van der Waals surface area (Å²) in [7, 11) is 0. The number of aryl methyl sites for hydroxylation is 1. The van der Waals surface area contributed by atoms with Crippen LogP contribution in [-0.2, 0) is 19.7 Å². The Hall–Kier alpha value is -4.09. The highest BCUT2D eigenvalue weighted by molar-refractivity contribution is 6.33. The molecule has 1 amide bonds. The van der Waals surface area contributed by atoms with E-state index >= 15 is 0 Å². The molecule has 5 rings (SSSR count). The fourth-order valence-corrected chi connectivity index (χ4v) is 4.56. The van der Waals surface area contributed by atoms with Crippen LogP contribution in [0.1, 0.15) is 43.0 Å². The van der Waals surface area contributed by atoms with Gasteiger partial charge in [-0.2, -0.15) is 0 Å². The predicted octanol–water partition coefficient (Wildman–Crippen LogP) is 6.75. The number of ether oxygens (including phenoxy) is 1. The van der Waals surface area contributed by atoms with Crippen molar-refractivity contribution in [1.29, 1.82) is 0 Å². The molecule has 1 aliphatic rings. The number of fused-ring (bicyclic) bond motifs is 1.